The molecule has 0 saturated heterocycles. The van der Waals surface area contributed by atoms with Gasteiger partial charge >= 0.3 is 0 Å². The Hall–Kier alpha value is -1.11. The SMILES string of the molecule is CC.CCc1c(C)cccc1C=NC. The number of hydrogen-bond donors (Lipinski definition) is 0. The minimum atomic E-state index is 1.08. The number of nitrogens with zero attached hydrogens (tertiary/aromatic N) is 1. The number of aliphatic imine (C=N–C) groups is 1. The van der Waals surface area contributed by atoms with Gasteiger partial charge in [0, 0.05) is 13.3 Å². The van der Waals surface area contributed by atoms with E-state index in [1.165, 1.54) is 16.7 Å². The molecule has 14 heavy (non-hydrogen) atoms. The Morgan fingerprint density at radius 2 is 1.93 bits per heavy atom. The van der Waals surface area contributed by atoms with Crippen LogP contribution >= 0.6 is 0 Å². The van der Waals surface area contributed by atoms with Crippen LogP contribution < -0.4 is 0 Å². The Morgan fingerprint density at radius 3 is 2.43 bits per heavy atom. The summed E-state index contributed by atoms with van der Waals surface area (Å²) in [7, 11) is 1.81. The summed E-state index contributed by atoms with van der Waals surface area (Å²) >= 11 is 0. The Kier molecular flexibility index (Phi) is 6.73. The van der Waals surface area contributed by atoms with E-state index in [0.717, 1.165) is 6.42 Å². The zero-order chi connectivity index (χ0) is 11.0. The first-order valence-corrected chi connectivity index (χ1v) is 5.30. The van der Waals surface area contributed by atoms with Gasteiger partial charge in [0.15, 0.2) is 0 Å². The Labute approximate surface area is 87.9 Å². The standard InChI is InChI=1S/C11H15N.C2H6/c1-4-11-9(2)6-5-7-10(11)8-12-3;1-2/h5-8H,4H2,1-3H3;1-2H3. The van der Waals surface area contributed by atoms with Crippen molar-refractivity contribution in [3.63, 3.8) is 0 Å². The minimum Gasteiger partial charge on any atom is -0.296 e. The van der Waals surface area contributed by atoms with Gasteiger partial charge in [0.1, 0.15) is 0 Å². The molecule has 0 N–H and O–H groups in total. The topological polar surface area (TPSA) is 12.4 Å². The molecule has 0 bridgehead atoms. The second kappa shape index (κ2) is 7.31. The third-order valence-corrected chi connectivity index (χ3v) is 2.07. The molecule has 0 spiro atoms. The lowest BCUT2D eigenvalue weighted by Crippen LogP contribution is -1.94. The lowest BCUT2D eigenvalue weighted by molar-refractivity contribution is 1.10. The van der Waals surface area contributed by atoms with E-state index in [-0.39, 0.29) is 0 Å². The zero-order valence-corrected chi connectivity index (χ0v) is 9.96. The quantitative estimate of drug-likeness (QED) is 0.633. The van der Waals surface area contributed by atoms with Gasteiger partial charge in [0.25, 0.3) is 0 Å². The third kappa shape index (κ3) is 3.33. The summed E-state index contributed by atoms with van der Waals surface area (Å²) in [6, 6.07) is 6.33. The van der Waals surface area contributed by atoms with E-state index in [4.69, 9.17) is 0 Å². The summed E-state index contributed by atoms with van der Waals surface area (Å²) in [6.45, 7) is 8.32. The van der Waals surface area contributed by atoms with Gasteiger partial charge in [-0.25, -0.2) is 0 Å². The molecule has 1 heteroatoms. The zero-order valence-electron chi connectivity index (χ0n) is 9.96. The van der Waals surface area contributed by atoms with Crippen LogP contribution in [0, 0.1) is 6.92 Å². The van der Waals surface area contributed by atoms with E-state index in [1.807, 2.05) is 27.1 Å². The molecule has 0 saturated carbocycles. The van der Waals surface area contributed by atoms with Crippen molar-refractivity contribution in [1.82, 2.24) is 0 Å². The summed E-state index contributed by atoms with van der Waals surface area (Å²) in [5.74, 6) is 0. The molecule has 0 aliphatic heterocycles. The van der Waals surface area contributed by atoms with Crippen molar-refractivity contribution in [3.8, 4) is 0 Å². The fourth-order valence-electron chi connectivity index (χ4n) is 1.47. The molecular formula is C13H21N. The highest BCUT2D eigenvalue weighted by Crippen LogP contribution is 2.12. The van der Waals surface area contributed by atoms with E-state index >= 15 is 0 Å². The Balaban J connectivity index is 0.000000791. The van der Waals surface area contributed by atoms with Crippen molar-refractivity contribution in [1.29, 1.82) is 0 Å². The van der Waals surface area contributed by atoms with Crippen LogP contribution in [0.5, 0.6) is 0 Å². The van der Waals surface area contributed by atoms with E-state index in [9.17, 15) is 0 Å². The van der Waals surface area contributed by atoms with Crippen LogP contribution in [0.1, 0.15) is 37.5 Å². The largest absolute Gasteiger partial charge is 0.296 e. The number of rotatable bonds is 2. The molecule has 78 valence electrons. The number of benzene rings is 1. The molecule has 0 fully saturated rings. The maximum atomic E-state index is 4.03. The average Bonchev–Trinajstić information content (AvgIpc) is 2.22. The summed E-state index contributed by atoms with van der Waals surface area (Å²) in [4.78, 5) is 4.03. The lowest BCUT2D eigenvalue weighted by atomic mass is 10.0. The summed E-state index contributed by atoms with van der Waals surface area (Å²) < 4.78 is 0. The first kappa shape index (κ1) is 12.9. The fourth-order valence-corrected chi connectivity index (χ4v) is 1.47. The van der Waals surface area contributed by atoms with Crippen molar-refractivity contribution in [2.24, 2.45) is 4.99 Å². The predicted octanol–water partition coefficient (Wildman–Crippen LogP) is 3.63. The van der Waals surface area contributed by atoms with Gasteiger partial charge in [-0.05, 0) is 30.0 Å². The van der Waals surface area contributed by atoms with E-state index in [2.05, 4.69) is 37.0 Å². The summed E-state index contributed by atoms with van der Waals surface area (Å²) in [5.41, 5.74) is 4.01. The normalized spacial score (nSPS) is 9.79. The molecule has 1 aromatic rings. The highest BCUT2D eigenvalue weighted by molar-refractivity contribution is 5.82. The van der Waals surface area contributed by atoms with Gasteiger partial charge in [-0.15, -0.1) is 0 Å². The van der Waals surface area contributed by atoms with Crippen molar-refractivity contribution in [3.05, 3.63) is 34.9 Å². The molecule has 0 aliphatic carbocycles. The third-order valence-electron chi connectivity index (χ3n) is 2.07. The van der Waals surface area contributed by atoms with Gasteiger partial charge in [-0.2, -0.15) is 0 Å². The molecule has 0 aliphatic rings. The molecule has 0 heterocycles. The van der Waals surface area contributed by atoms with Gasteiger partial charge < -0.3 is 0 Å². The molecule has 0 amide bonds. The Morgan fingerprint density at radius 1 is 1.29 bits per heavy atom. The fraction of sp³-hybridized carbons (Fsp3) is 0.462. The van der Waals surface area contributed by atoms with Crippen molar-refractivity contribution in [2.75, 3.05) is 7.05 Å². The van der Waals surface area contributed by atoms with Crippen LogP contribution in [-0.4, -0.2) is 13.3 Å². The molecule has 0 unspecified atom stereocenters. The first-order valence-electron chi connectivity index (χ1n) is 5.30. The Bertz CT molecular complexity index is 287. The van der Waals surface area contributed by atoms with Gasteiger partial charge in [0.2, 0.25) is 0 Å². The second-order valence-corrected chi connectivity index (χ2v) is 2.88. The van der Waals surface area contributed by atoms with Crippen LogP contribution in [0.3, 0.4) is 0 Å². The molecule has 0 radical (unpaired) electrons. The summed E-state index contributed by atoms with van der Waals surface area (Å²) in [5, 5.41) is 0. The van der Waals surface area contributed by atoms with Crippen molar-refractivity contribution in [2.45, 2.75) is 34.1 Å². The average molecular weight is 191 g/mol. The second-order valence-electron chi connectivity index (χ2n) is 2.88. The van der Waals surface area contributed by atoms with E-state index in [0.29, 0.717) is 0 Å². The maximum Gasteiger partial charge on any atom is 0.0284 e. The molecule has 0 aromatic heterocycles. The highest BCUT2D eigenvalue weighted by Gasteiger charge is 1.99. The number of hydrogen-bond acceptors (Lipinski definition) is 1. The predicted molar refractivity (Wildman–Crippen MR) is 65.4 cm³/mol. The maximum absolute atomic E-state index is 4.03. The van der Waals surface area contributed by atoms with Crippen LogP contribution in [0.4, 0.5) is 0 Å². The molecule has 1 aromatic carbocycles. The van der Waals surface area contributed by atoms with Gasteiger partial charge in [-0.1, -0.05) is 39.0 Å². The number of aryl methyl sites for hydroxylation is 1. The first-order chi connectivity index (χ1) is 6.79. The molecule has 1 nitrogen and oxygen atoms in total. The minimum absolute atomic E-state index is 1.08. The highest BCUT2D eigenvalue weighted by atomic mass is 14.6. The lowest BCUT2D eigenvalue weighted by Gasteiger charge is -2.05. The monoisotopic (exact) mass is 191 g/mol. The van der Waals surface area contributed by atoms with Crippen LogP contribution in [-0.2, 0) is 6.42 Å². The van der Waals surface area contributed by atoms with Gasteiger partial charge in [-0.3, -0.25) is 4.99 Å². The van der Waals surface area contributed by atoms with Gasteiger partial charge in [0.05, 0.1) is 0 Å². The van der Waals surface area contributed by atoms with E-state index < -0.39 is 0 Å². The molecular weight excluding hydrogens is 170 g/mol. The van der Waals surface area contributed by atoms with Crippen LogP contribution in [0.25, 0.3) is 0 Å². The summed E-state index contributed by atoms with van der Waals surface area (Å²) in [6.07, 6.45) is 3.00. The van der Waals surface area contributed by atoms with Crippen molar-refractivity contribution >= 4 is 6.21 Å². The van der Waals surface area contributed by atoms with Crippen LogP contribution in [0.15, 0.2) is 23.2 Å². The van der Waals surface area contributed by atoms with Crippen molar-refractivity contribution < 1.29 is 0 Å². The smallest absolute Gasteiger partial charge is 0.0284 e. The molecule has 0 atom stereocenters. The molecule has 1 rings (SSSR count). The van der Waals surface area contributed by atoms with Crippen LogP contribution in [0.2, 0.25) is 0 Å². The van der Waals surface area contributed by atoms with E-state index in [1.54, 1.807) is 0 Å².